The molecular weight excluding hydrogens is 245 g/mol. The summed E-state index contributed by atoms with van der Waals surface area (Å²) in [5.41, 5.74) is 7.03. The van der Waals surface area contributed by atoms with Crippen LogP contribution in [0.5, 0.6) is 11.5 Å². The zero-order valence-electron chi connectivity index (χ0n) is 10.3. The van der Waals surface area contributed by atoms with Crippen LogP contribution in [-0.2, 0) is 6.42 Å². The summed E-state index contributed by atoms with van der Waals surface area (Å²) in [7, 11) is 0. The van der Waals surface area contributed by atoms with Crippen molar-refractivity contribution in [1.29, 1.82) is 0 Å². The quantitative estimate of drug-likeness (QED) is 0.862. The molecule has 0 fully saturated rings. The van der Waals surface area contributed by atoms with Crippen molar-refractivity contribution in [3.05, 3.63) is 53.8 Å². The van der Waals surface area contributed by atoms with Gasteiger partial charge < -0.3 is 15.2 Å². The molecule has 1 unspecified atom stereocenters. The molecule has 1 aliphatic rings. The summed E-state index contributed by atoms with van der Waals surface area (Å²) in [6.45, 7) is 0.315. The van der Waals surface area contributed by atoms with Crippen LogP contribution in [0.15, 0.2) is 42.5 Å². The molecule has 19 heavy (non-hydrogen) atoms. The van der Waals surface area contributed by atoms with E-state index in [0.717, 1.165) is 17.7 Å². The second-order valence-corrected chi connectivity index (χ2v) is 4.55. The van der Waals surface area contributed by atoms with Gasteiger partial charge in [0.1, 0.15) is 18.5 Å². The second kappa shape index (κ2) is 4.80. The molecule has 0 bridgehead atoms. The first-order valence-electron chi connectivity index (χ1n) is 6.15. The number of ether oxygens (including phenoxy) is 2. The molecule has 0 saturated carbocycles. The van der Waals surface area contributed by atoms with Gasteiger partial charge in [-0.05, 0) is 23.8 Å². The van der Waals surface area contributed by atoms with Crippen LogP contribution < -0.4 is 15.2 Å². The minimum atomic E-state index is -0.449. The number of halogens is 1. The lowest BCUT2D eigenvalue weighted by Gasteiger charge is -2.13. The topological polar surface area (TPSA) is 44.5 Å². The van der Waals surface area contributed by atoms with Gasteiger partial charge in [0, 0.05) is 18.2 Å². The average Bonchev–Trinajstić information content (AvgIpc) is 2.80. The lowest BCUT2D eigenvalue weighted by molar-refractivity contribution is 0.145. The number of anilines is 1. The summed E-state index contributed by atoms with van der Waals surface area (Å²) in [5, 5.41) is 0. The highest BCUT2D eigenvalue weighted by atomic mass is 19.1. The first-order chi connectivity index (χ1) is 9.22. The van der Waals surface area contributed by atoms with E-state index in [0.29, 0.717) is 12.3 Å². The van der Waals surface area contributed by atoms with Crippen molar-refractivity contribution >= 4 is 5.69 Å². The maximum Gasteiger partial charge on any atom is 0.167 e. The molecule has 1 atom stereocenters. The van der Waals surface area contributed by atoms with Crippen LogP contribution in [0.1, 0.15) is 5.56 Å². The smallest absolute Gasteiger partial charge is 0.167 e. The summed E-state index contributed by atoms with van der Waals surface area (Å²) in [6, 6.07) is 12.3. The number of nitrogens with two attached hydrogens (primary N) is 1. The molecule has 2 aromatic carbocycles. The Morgan fingerprint density at radius 3 is 2.89 bits per heavy atom. The van der Waals surface area contributed by atoms with Crippen LogP contribution >= 0.6 is 0 Å². The maximum absolute atomic E-state index is 13.5. The van der Waals surface area contributed by atoms with E-state index in [4.69, 9.17) is 15.2 Å². The van der Waals surface area contributed by atoms with Crippen LogP contribution in [-0.4, -0.2) is 12.7 Å². The van der Waals surface area contributed by atoms with Crippen molar-refractivity contribution in [3.63, 3.8) is 0 Å². The normalized spacial score (nSPS) is 16.8. The zero-order chi connectivity index (χ0) is 13.2. The Bertz CT molecular complexity index is 575. The number of hydrogen-bond acceptors (Lipinski definition) is 3. The highest BCUT2D eigenvalue weighted by Crippen LogP contribution is 2.28. The van der Waals surface area contributed by atoms with Crippen LogP contribution in [0, 0.1) is 5.82 Å². The lowest BCUT2D eigenvalue weighted by atomic mass is 10.1. The van der Waals surface area contributed by atoms with E-state index in [2.05, 4.69) is 0 Å². The van der Waals surface area contributed by atoms with Gasteiger partial charge in [0.2, 0.25) is 0 Å². The van der Waals surface area contributed by atoms with E-state index in [9.17, 15) is 4.39 Å². The lowest BCUT2D eigenvalue weighted by Crippen LogP contribution is -2.22. The molecule has 2 aromatic rings. The van der Waals surface area contributed by atoms with Gasteiger partial charge in [-0.15, -0.1) is 0 Å². The highest BCUT2D eigenvalue weighted by Gasteiger charge is 2.23. The fraction of sp³-hybridized carbons (Fsp3) is 0.200. The highest BCUT2D eigenvalue weighted by molar-refractivity contribution is 5.43. The Morgan fingerprint density at radius 1 is 1.26 bits per heavy atom. The molecule has 0 aromatic heterocycles. The van der Waals surface area contributed by atoms with Crippen molar-refractivity contribution in [2.45, 2.75) is 12.5 Å². The third-order valence-electron chi connectivity index (χ3n) is 3.09. The third-order valence-corrected chi connectivity index (χ3v) is 3.09. The molecule has 3 nitrogen and oxygen atoms in total. The van der Waals surface area contributed by atoms with E-state index in [1.807, 2.05) is 24.3 Å². The first kappa shape index (κ1) is 11.8. The van der Waals surface area contributed by atoms with E-state index >= 15 is 0 Å². The standard InChI is InChI=1S/C15H14FNO2/c16-13-8-11(17)5-6-15(13)18-9-12-7-10-3-1-2-4-14(10)19-12/h1-6,8,12H,7,9,17H2. The van der Waals surface area contributed by atoms with Crippen LogP contribution in [0.25, 0.3) is 0 Å². The van der Waals surface area contributed by atoms with Crippen molar-refractivity contribution in [1.82, 2.24) is 0 Å². The largest absolute Gasteiger partial charge is 0.487 e. The summed E-state index contributed by atoms with van der Waals surface area (Å²) >= 11 is 0. The van der Waals surface area contributed by atoms with Crippen LogP contribution in [0.4, 0.5) is 10.1 Å². The predicted octanol–water partition coefficient (Wildman–Crippen LogP) is 2.79. The van der Waals surface area contributed by atoms with Crippen molar-refractivity contribution in [2.75, 3.05) is 12.3 Å². The Labute approximate surface area is 110 Å². The predicted molar refractivity (Wildman–Crippen MR) is 70.9 cm³/mol. The van der Waals surface area contributed by atoms with Crippen molar-refractivity contribution < 1.29 is 13.9 Å². The van der Waals surface area contributed by atoms with Gasteiger partial charge in [0.15, 0.2) is 11.6 Å². The molecule has 0 radical (unpaired) electrons. The van der Waals surface area contributed by atoms with Crippen LogP contribution in [0.3, 0.4) is 0 Å². The van der Waals surface area contributed by atoms with Gasteiger partial charge in [-0.2, -0.15) is 0 Å². The molecule has 1 heterocycles. The number of nitrogen functional groups attached to an aromatic ring is 1. The van der Waals surface area contributed by atoms with Crippen molar-refractivity contribution in [3.8, 4) is 11.5 Å². The minimum absolute atomic E-state index is 0.0747. The number of fused-ring (bicyclic) bond motifs is 1. The minimum Gasteiger partial charge on any atom is -0.487 e. The zero-order valence-corrected chi connectivity index (χ0v) is 10.3. The van der Waals surface area contributed by atoms with Gasteiger partial charge in [-0.1, -0.05) is 18.2 Å². The SMILES string of the molecule is Nc1ccc(OCC2Cc3ccccc3O2)c(F)c1. The van der Waals surface area contributed by atoms with E-state index < -0.39 is 5.82 Å². The first-order valence-corrected chi connectivity index (χ1v) is 6.15. The summed E-state index contributed by atoms with van der Waals surface area (Å²) in [6.07, 6.45) is 0.710. The molecule has 2 N–H and O–H groups in total. The number of hydrogen-bond donors (Lipinski definition) is 1. The number of rotatable bonds is 3. The van der Waals surface area contributed by atoms with Gasteiger partial charge >= 0.3 is 0 Å². The third kappa shape index (κ3) is 2.47. The molecule has 0 spiro atoms. The number of para-hydroxylation sites is 1. The Balaban J connectivity index is 1.63. The Morgan fingerprint density at radius 2 is 2.11 bits per heavy atom. The molecule has 0 saturated heterocycles. The average molecular weight is 259 g/mol. The molecule has 0 amide bonds. The molecular formula is C15H14FNO2. The Kier molecular flexibility index (Phi) is 2.99. The van der Waals surface area contributed by atoms with E-state index in [-0.39, 0.29) is 11.9 Å². The Hall–Kier alpha value is -2.23. The maximum atomic E-state index is 13.5. The summed E-state index contributed by atoms with van der Waals surface area (Å²) < 4.78 is 24.7. The molecule has 4 heteroatoms. The van der Waals surface area contributed by atoms with Gasteiger partial charge in [0.25, 0.3) is 0 Å². The fourth-order valence-electron chi connectivity index (χ4n) is 2.16. The van der Waals surface area contributed by atoms with Gasteiger partial charge in [-0.3, -0.25) is 0 Å². The molecule has 3 rings (SSSR count). The second-order valence-electron chi connectivity index (χ2n) is 4.55. The van der Waals surface area contributed by atoms with E-state index in [1.54, 1.807) is 6.07 Å². The van der Waals surface area contributed by atoms with Crippen LogP contribution in [0.2, 0.25) is 0 Å². The summed E-state index contributed by atoms with van der Waals surface area (Å²) in [5.74, 6) is 0.637. The number of benzene rings is 2. The van der Waals surface area contributed by atoms with Gasteiger partial charge in [-0.25, -0.2) is 4.39 Å². The molecule has 98 valence electrons. The monoisotopic (exact) mass is 259 g/mol. The molecule has 1 aliphatic heterocycles. The fourth-order valence-corrected chi connectivity index (χ4v) is 2.16. The summed E-state index contributed by atoms with van der Waals surface area (Å²) in [4.78, 5) is 0. The van der Waals surface area contributed by atoms with Crippen molar-refractivity contribution in [2.24, 2.45) is 0 Å². The molecule has 0 aliphatic carbocycles. The van der Waals surface area contributed by atoms with Gasteiger partial charge in [0.05, 0.1) is 0 Å². The van der Waals surface area contributed by atoms with E-state index in [1.165, 1.54) is 12.1 Å².